The van der Waals surface area contributed by atoms with Gasteiger partial charge < -0.3 is 15.0 Å². The molecular formula is C15H23ClN2O. The lowest BCUT2D eigenvalue weighted by Crippen LogP contribution is -2.42. The summed E-state index contributed by atoms with van der Waals surface area (Å²) in [7, 11) is 0. The molecule has 1 N–H and O–H groups in total. The second-order valence-electron chi connectivity index (χ2n) is 4.91. The first-order chi connectivity index (χ1) is 9.24. The van der Waals surface area contributed by atoms with E-state index in [0.29, 0.717) is 6.10 Å². The molecule has 1 aliphatic rings. The summed E-state index contributed by atoms with van der Waals surface area (Å²) in [6.07, 6.45) is 1.37. The average Bonchev–Trinajstić information content (AvgIpc) is 2.45. The molecule has 0 aliphatic carbocycles. The van der Waals surface area contributed by atoms with Gasteiger partial charge in [-0.3, -0.25) is 0 Å². The van der Waals surface area contributed by atoms with Gasteiger partial charge in [-0.2, -0.15) is 0 Å². The molecule has 0 amide bonds. The monoisotopic (exact) mass is 282 g/mol. The summed E-state index contributed by atoms with van der Waals surface area (Å²) < 4.78 is 5.70. The van der Waals surface area contributed by atoms with E-state index in [0.717, 1.165) is 49.9 Å². The van der Waals surface area contributed by atoms with E-state index in [1.54, 1.807) is 0 Å². The minimum Gasteiger partial charge on any atom is -0.375 e. The summed E-state index contributed by atoms with van der Waals surface area (Å²) >= 11 is 6.42. The maximum atomic E-state index is 6.42. The highest BCUT2D eigenvalue weighted by molar-refractivity contribution is 6.33. The van der Waals surface area contributed by atoms with Crippen LogP contribution in [0, 0.1) is 0 Å². The van der Waals surface area contributed by atoms with Crippen molar-refractivity contribution in [3.8, 4) is 0 Å². The van der Waals surface area contributed by atoms with Crippen LogP contribution in [0.4, 0.5) is 5.69 Å². The van der Waals surface area contributed by atoms with Crippen molar-refractivity contribution >= 4 is 17.3 Å². The predicted molar refractivity (Wildman–Crippen MR) is 81.1 cm³/mol. The number of morpholine rings is 1. The number of rotatable bonds is 5. The number of benzene rings is 1. The van der Waals surface area contributed by atoms with E-state index in [1.165, 1.54) is 5.56 Å². The van der Waals surface area contributed by atoms with Crippen molar-refractivity contribution < 1.29 is 4.74 Å². The van der Waals surface area contributed by atoms with E-state index in [2.05, 4.69) is 42.3 Å². The van der Waals surface area contributed by atoms with Gasteiger partial charge in [0.2, 0.25) is 0 Å². The van der Waals surface area contributed by atoms with E-state index in [1.807, 2.05) is 0 Å². The Bertz CT molecular complexity index is 411. The van der Waals surface area contributed by atoms with E-state index < -0.39 is 0 Å². The van der Waals surface area contributed by atoms with Crippen LogP contribution in [0.2, 0.25) is 5.02 Å². The van der Waals surface area contributed by atoms with Gasteiger partial charge in [-0.1, -0.05) is 31.5 Å². The predicted octanol–water partition coefficient (Wildman–Crippen LogP) is 3.06. The molecule has 1 fully saturated rings. The van der Waals surface area contributed by atoms with Crippen molar-refractivity contribution in [1.29, 1.82) is 0 Å². The Morgan fingerprint density at radius 2 is 2.26 bits per heavy atom. The molecule has 0 saturated carbocycles. The minimum absolute atomic E-state index is 0.325. The van der Waals surface area contributed by atoms with Crippen molar-refractivity contribution in [2.75, 3.05) is 31.1 Å². The van der Waals surface area contributed by atoms with E-state index >= 15 is 0 Å². The number of halogens is 1. The molecule has 3 nitrogen and oxygen atoms in total. The highest BCUT2D eigenvalue weighted by Gasteiger charge is 2.20. The van der Waals surface area contributed by atoms with Gasteiger partial charge in [0.15, 0.2) is 0 Å². The zero-order valence-electron chi connectivity index (χ0n) is 11.8. The van der Waals surface area contributed by atoms with E-state index in [9.17, 15) is 0 Å². The van der Waals surface area contributed by atoms with Crippen LogP contribution in [0.1, 0.15) is 25.8 Å². The largest absolute Gasteiger partial charge is 0.375 e. The molecule has 1 atom stereocenters. The van der Waals surface area contributed by atoms with Crippen molar-refractivity contribution in [2.24, 2.45) is 0 Å². The molecular weight excluding hydrogens is 260 g/mol. The Balaban J connectivity index is 2.07. The van der Waals surface area contributed by atoms with Gasteiger partial charge in [-0.15, -0.1) is 0 Å². The molecule has 1 aromatic carbocycles. The summed E-state index contributed by atoms with van der Waals surface area (Å²) in [6, 6.07) is 6.35. The molecule has 0 bridgehead atoms. The molecule has 2 rings (SSSR count). The van der Waals surface area contributed by atoms with Gasteiger partial charge in [0.05, 0.1) is 23.4 Å². The van der Waals surface area contributed by atoms with Crippen LogP contribution in [-0.4, -0.2) is 32.3 Å². The number of anilines is 1. The van der Waals surface area contributed by atoms with Crippen molar-refractivity contribution in [3.63, 3.8) is 0 Å². The standard InChI is InChI=1S/C15H23ClN2O/c1-3-13-11-18(7-8-19-13)15-6-5-12(9-14(15)16)10-17-4-2/h5-6,9,13,17H,3-4,7-8,10-11H2,1-2H3. The van der Waals surface area contributed by atoms with Gasteiger partial charge in [-0.05, 0) is 30.7 Å². The molecule has 0 aromatic heterocycles. The minimum atomic E-state index is 0.325. The smallest absolute Gasteiger partial charge is 0.0748 e. The van der Waals surface area contributed by atoms with Crippen LogP contribution < -0.4 is 10.2 Å². The van der Waals surface area contributed by atoms with Gasteiger partial charge >= 0.3 is 0 Å². The van der Waals surface area contributed by atoms with Gasteiger partial charge in [0, 0.05) is 19.6 Å². The zero-order chi connectivity index (χ0) is 13.7. The zero-order valence-corrected chi connectivity index (χ0v) is 12.5. The lowest BCUT2D eigenvalue weighted by molar-refractivity contribution is 0.0384. The van der Waals surface area contributed by atoms with Crippen molar-refractivity contribution in [3.05, 3.63) is 28.8 Å². The summed E-state index contributed by atoms with van der Waals surface area (Å²) in [5.41, 5.74) is 2.36. The van der Waals surface area contributed by atoms with Crippen LogP contribution in [0.3, 0.4) is 0 Å². The van der Waals surface area contributed by atoms with Crippen molar-refractivity contribution in [1.82, 2.24) is 5.32 Å². The fourth-order valence-corrected chi connectivity index (χ4v) is 2.69. The first-order valence-corrected chi connectivity index (χ1v) is 7.48. The third kappa shape index (κ3) is 3.85. The van der Waals surface area contributed by atoms with Gasteiger partial charge in [0.1, 0.15) is 0 Å². The summed E-state index contributed by atoms with van der Waals surface area (Å²) in [5.74, 6) is 0. The molecule has 0 spiro atoms. The molecule has 106 valence electrons. The molecule has 1 aromatic rings. The number of hydrogen-bond donors (Lipinski definition) is 1. The lowest BCUT2D eigenvalue weighted by Gasteiger charge is -2.34. The molecule has 1 heterocycles. The second-order valence-corrected chi connectivity index (χ2v) is 5.32. The average molecular weight is 283 g/mol. The highest BCUT2D eigenvalue weighted by Crippen LogP contribution is 2.28. The molecule has 1 unspecified atom stereocenters. The molecule has 19 heavy (non-hydrogen) atoms. The molecule has 4 heteroatoms. The summed E-state index contributed by atoms with van der Waals surface area (Å²) in [4.78, 5) is 2.33. The third-order valence-corrected chi connectivity index (χ3v) is 3.83. The number of hydrogen-bond acceptors (Lipinski definition) is 3. The lowest BCUT2D eigenvalue weighted by atomic mass is 10.1. The Hall–Kier alpha value is -0.770. The fraction of sp³-hybridized carbons (Fsp3) is 0.600. The SMILES string of the molecule is CCNCc1ccc(N2CCOC(CC)C2)c(Cl)c1. The number of ether oxygens (including phenoxy) is 1. The first kappa shape index (κ1) is 14.6. The second kappa shape index (κ2) is 7.13. The normalized spacial score (nSPS) is 19.7. The Labute approximate surface area is 120 Å². The van der Waals surface area contributed by atoms with Gasteiger partial charge in [-0.25, -0.2) is 0 Å². The van der Waals surface area contributed by atoms with Crippen molar-refractivity contribution in [2.45, 2.75) is 32.9 Å². The first-order valence-electron chi connectivity index (χ1n) is 7.10. The molecule has 0 radical (unpaired) electrons. The number of nitrogens with zero attached hydrogens (tertiary/aromatic N) is 1. The topological polar surface area (TPSA) is 24.5 Å². The quantitative estimate of drug-likeness (QED) is 0.898. The third-order valence-electron chi connectivity index (χ3n) is 3.53. The Kier molecular flexibility index (Phi) is 5.49. The molecule has 1 aliphatic heterocycles. The Morgan fingerprint density at radius 1 is 1.42 bits per heavy atom. The highest BCUT2D eigenvalue weighted by atomic mass is 35.5. The Morgan fingerprint density at radius 3 is 2.95 bits per heavy atom. The van der Waals surface area contributed by atoms with Crippen LogP contribution in [0.25, 0.3) is 0 Å². The van der Waals surface area contributed by atoms with E-state index in [-0.39, 0.29) is 0 Å². The maximum absolute atomic E-state index is 6.42. The number of nitrogens with one attached hydrogen (secondary N) is 1. The van der Waals surface area contributed by atoms with E-state index in [4.69, 9.17) is 16.3 Å². The molecule has 1 saturated heterocycles. The summed E-state index contributed by atoms with van der Waals surface area (Å²) in [5, 5.41) is 4.15. The van der Waals surface area contributed by atoms with Crippen LogP contribution in [-0.2, 0) is 11.3 Å². The van der Waals surface area contributed by atoms with Crippen LogP contribution >= 0.6 is 11.6 Å². The van der Waals surface area contributed by atoms with Gasteiger partial charge in [0.25, 0.3) is 0 Å². The van der Waals surface area contributed by atoms with Crippen LogP contribution in [0.15, 0.2) is 18.2 Å². The maximum Gasteiger partial charge on any atom is 0.0748 e. The summed E-state index contributed by atoms with van der Waals surface area (Å²) in [6.45, 7) is 8.75. The fourth-order valence-electron chi connectivity index (χ4n) is 2.37. The van der Waals surface area contributed by atoms with Crippen LogP contribution in [0.5, 0.6) is 0 Å².